The van der Waals surface area contributed by atoms with Gasteiger partial charge in [-0.05, 0) is 38.8 Å². The van der Waals surface area contributed by atoms with Gasteiger partial charge >= 0.3 is 0 Å². The Kier molecular flexibility index (Phi) is 5.88. The third-order valence-electron chi connectivity index (χ3n) is 2.88. The van der Waals surface area contributed by atoms with Crippen LogP contribution in [0.3, 0.4) is 0 Å². The number of rotatable bonds is 7. The Hall–Kier alpha value is -1.18. The van der Waals surface area contributed by atoms with E-state index in [1.807, 2.05) is 12.1 Å². The standard InChI is InChI=1S/C15H25NO/c1-5-8-12(3)16-14-9-7-10-15(11-14)17-13(4)6-2/h7,9-13,16H,5-6,8H2,1-4H3. The van der Waals surface area contributed by atoms with E-state index in [9.17, 15) is 0 Å². The molecule has 1 aromatic carbocycles. The Bertz CT molecular complexity index is 324. The Morgan fingerprint density at radius 3 is 2.65 bits per heavy atom. The lowest BCUT2D eigenvalue weighted by Crippen LogP contribution is -2.15. The summed E-state index contributed by atoms with van der Waals surface area (Å²) < 4.78 is 5.81. The molecule has 2 heteroatoms. The summed E-state index contributed by atoms with van der Waals surface area (Å²) in [6, 6.07) is 8.74. The quantitative estimate of drug-likeness (QED) is 0.753. The van der Waals surface area contributed by atoms with Crippen LogP contribution in [0.2, 0.25) is 0 Å². The van der Waals surface area contributed by atoms with Crippen LogP contribution in [0.5, 0.6) is 5.75 Å². The fourth-order valence-corrected chi connectivity index (χ4v) is 1.76. The highest BCUT2D eigenvalue weighted by atomic mass is 16.5. The third kappa shape index (κ3) is 5.12. The van der Waals surface area contributed by atoms with Crippen molar-refractivity contribution in [1.82, 2.24) is 0 Å². The molecular formula is C15H25NO. The molecule has 0 fully saturated rings. The molecule has 1 rings (SSSR count). The molecular weight excluding hydrogens is 210 g/mol. The number of ether oxygens (including phenoxy) is 1. The predicted molar refractivity (Wildman–Crippen MR) is 74.8 cm³/mol. The second-order valence-corrected chi connectivity index (χ2v) is 4.70. The maximum Gasteiger partial charge on any atom is 0.121 e. The highest BCUT2D eigenvalue weighted by Crippen LogP contribution is 2.20. The van der Waals surface area contributed by atoms with E-state index in [0.29, 0.717) is 6.04 Å². The molecule has 0 aliphatic rings. The van der Waals surface area contributed by atoms with Crippen molar-refractivity contribution >= 4 is 5.69 Å². The SMILES string of the molecule is CCCC(C)Nc1cccc(OC(C)CC)c1. The van der Waals surface area contributed by atoms with Gasteiger partial charge in [0, 0.05) is 17.8 Å². The first kappa shape index (κ1) is 13.9. The summed E-state index contributed by atoms with van der Waals surface area (Å²) in [6.07, 6.45) is 3.70. The van der Waals surface area contributed by atoms with Crippen molar-refractivity contribution in [3.05, 3.63) is 24.3 Å². The highest BCUT2D eigenvalue weighted by Gasteiger charge is 2.04. The summed E-state index contributed by atoms with van der Waals surface area (Å²) in [5, 5.41) is 3.49. The van der Waals surface area contributed by atoms with E-state index in [0.717, 1.165) is 17.9 Å². The molecule has 0 amide bonds. The van der Waals surface area contributed by atoms with Gasteiger partial charge in [0.2, 0.25) is 0 Å². The molecule has 0 aliphatic heterocycles. The zero-order chi connectivity index (χ0) is 12.7. The molecule has 17 heavy (non-hydrogen) atoms. The number of anilines is 1. The van der Waals surface area contributed by atoms with Gasteiger partial charge in [0.25, 0.3) is 0 Å². The smallest absolute Gasteiger partial charge is 0.121 e. The lowest BCUT2D eigenvalue weighted by Gasteiger charge is -2.17. The Morgan fingerprint density at radius 2 is 2.00 bits per heavy atom. The predicted octanol–water partition coefficient (Wildman–Crippen LogP) is 4.46. The molecule has 2 unspecified atom stereocenters. The molecule has 0 saturated heterocycles. The largest absolute Gasteiger partial charge is 0.491 e. The molecule has 0 radical (unpaired) electrons. The number of hydrogen-bond donors (Lipinski definition) is 1. The van der Waals surface area contributed by atoms with Crippen LogP contribution in [0.25, 0.3) is 0 Å². The van der Waals surface area contributed by atoms with Gasteiger partial charge in [0.15, 0.2) is 0 Å². The molecule has 0 heterocycles. The molecule has 0 bridgehead atoms. The first-order chi connectivity index (χ1) is 8.15. The van der Waals surface area contributed by atoms with E-state index < -0.39 is 0 Å². The molecule has 0 aliphatic carbocycles. The Labute approximate surface area is 105 Å². The van der Waals surface area contributed by atoms with E-state index in [1.54, 1.807) is 0 Å². The number of hydrogen-bond acceptors (Lipinski definition) is 2. The van der Waals surface area contributed by atoms with E-state index in [2.05, 4.69) is 45.1 Å². The van der Waals surface area contributed by atoms with Gasteiger partial charge in [0.05, 0.1) is 6.10 Å². The van der Waals surface area contributed by atoms with Crippen LogP contribution in [-0.4, -0.2) is 12.1 Å². The first-order valence-electron chi connectivity index (χ1n) is 6.69. The normalized spacial score (nSPS) is 14.1. The van der Waals surface area contributed by atoms with E-state index in [4.69, 9.17) is 4.74 Å². The fraction of sp³-hybridized carbons (Fsp3) is 0.600. The monoisotopic (exact) mass is 235 g/mol. The minimum Gasteiger partial charge on any atom is -0.491 e. The number of nitrogens with one attached hydrogen (secondary N) is 1. The topological polar surface area (TPSA) is 21.3 Å². The Balaban J connectivity index is 2.59. The van der Waals surface area contributed by atoms with Crippen LogP contribution in [0.1, 0.15) is 47.0 Å². The van der Waals surface area contributed by atoms with Gasteiger partial charge in [-0.25, -0.2) is 0 Å². The lowest BCUT2D eigenvalue weighted by molar-refractivity contribution is 0.217. The second-order valence-electron chi connectivity index (χ2n) is 4.70. The van der Waals surface area contributed by atoms with Crippen LogP contribution in [-0.2, 0) is 0 Å². The molecule has 0 aromatic heterocycles. The zero-order valence-corrected chi connectivity index (χ0v) is 11.5. The first-order valence-corrected chi connectivity index (χ1v) is 6.69. The van der Waals surface area contributed by atoms with Crippen LogP contribution >= 0.6 is 0 Å². The molecule has 1 N–H and O–H groups in total. The maximum absolute atomic E-state index is 5.81. The summed E-state index contributed by atoms with van der Waals surface area (Å²) in [5.41, 5.74) is 1.15. The summed E-state index contributed by atoms with van der Waals surface area (Å²) >= 11 is 0. The van der Waals surface area contributed by atoms with Crippen molar-refractivity contribution in [2.45, 2.75) is 59.1 Å². The average molecular weight is 235 g/mol. The summed E-state index contributed by atoms with van der Waals surface area (Å²) in [5.74, 6) is 0.952. The highest BCUT2D eigenvalue weighted by molar-refractivity contribution is 5.48. The van der Waals surface area contributed by atoms with E-state index in [1.165, 1.54) is 12.8 Å². The van der Waals surface area contributed by atoms with Gasteiger partial charge in [-0.1, -0.05) is 26.3 Å². The summed E-state index contributed by atoms with van der Waals surface area (Å²) in [7, 11) is 0. The molecule has 2 atom stereocenters. The minimum atomic E-state index is 0.276. The van der Waals surface area contributed by atoms with Crippen LogP contribution in [0.4, 0.5) is 5.69 Å². The van der Waals surface area contributed by atoms with Gasteiger partial charge in [-0.2, -0.15) is 0 Å². The molecule has 1 aromatic rings. The molecule has 0 saturated carbocycles. The van der Waals surface area contributed by atoms with Gasteiger partial charge in [0.1, 0.15) is 5.75 Å². The second kappa shape index (κ2) is 7.21. The minimum absolute atomic E-state index is 0.276. The molecule has 96 valence electrons. The van der Waals surface area contributed by atoms with E-state index in [-0.39, 0.29) is 6.10 Å². The average Bonchev–Trinajstić information content (AvgIpc) is 2.29. The van der Waals surface area contributed by atoms with E-state index >= 15 is 0 Å². The summed E-state index contributed by atoms with van der Waals surface area (Å²) in [4.78, 5) is 0. The third-order valence-corrected chi connectivity index (χ3v) is 2.88. The lowest BCUT2D eigenvalue weighted by atomic mass is 10.2. The van der Waals surface area contributed by atoms with Crippen molar-refractivity contribution in [2.75, 3.05) is 5.32 Å². The Morgan fingerprint density at radius 1 is 1.24 bits per heavy atom. The van der Waals surface area contributed by atoms with Gasteiger partial charge in [-0.15, -0.1) is 0 Å². The van der Waals surface area contributed by atoms with Gasteiger partial charge < -0.3 is 10.1 Å². The molecule has 0 spiro atoms. The van der Waals surface area contributed by atoms with Crippen molar-refractivity contribution in [3.63, 3.8) is 0 Å². The zero-order valence-electron chi connectivity index (χ0n) is 11.5. The molecule has 2 nitrogen and oxygen atoms in total. The number of benzene rings is 1. The van der Waals surface area contributed by atoms with Crippen LogP contribution in [0.15, 0.2) is 24.3 Å². The van der Waals surface area contributed by atoms with Crippen LogP contribution in [0, 0.1) is 0 Å². The van der Waals surface area contributed by atoms with Crippen molar-refractivity contribution in [2.24, 2.45) is 0 Å². The van der Waals surface area contributed by atoms with Crippen molar-refractivity contribution in [3.8, 4) is 5.75 Å². The fourth-order valence-electron chi connectivity index (χ4n) is 1.76. The van der Waals surface area contributed by atoms with Crippen LogP contribution < -0.4 is 10.1 Å². The van der Waals surface area contributed by atoms with Crippen molar-refractivity contribution in [1.29, 1.82) is 0 Å². The van der Waals surface area contributed by atoms with Gasteiger partial charge in [-0.3, -0.25) is 0 Å². The van der Waals surface area contributed by atoms with Crippen molar-refractivity contribution < 1.29 is 4.74 Å². The summed E-state index contributed by atoms with van der Waals surface area (Å²) in [6.45, 7) is 8.66. The maximum atomic E-state index is 5.81.